The van der Waals surface area contributed by atoms with Crippen molar-refractivity contribution in [1.29, 1.82) is 0 Å². The van der Waals surface area contributed by atoms with Gasteiger partial charge in [-0.25, -0.2) is 0 Å². The van der Waals surface area contributed by atoms with Gasteiger partial charge in [-0.15, -0.1) is 0 Å². The van der Waals surface area contributed by atoms with Crippen molar-refractivity contribution in [3.8, 4) is 0 Å². The van der Waals surface area contributed by atoms with E-state index in [4.69, 9.17) is 0 Å². The van der Waals surface area contributed by atoms with Crippen LogP contribution in [0.25, 0.3) is 0 Å². The number of unbranched alkanes of at least 4 members (excludes halogenated alkanes) is 1. The largest absolute Gasteiger partial charge is 0.251 e. The summed E-state index contributed by atoms with van der Waals surface area (Å²) in [7, 11) is 0. The molecule has 0 aliphatic rings. The Bertz CT molecular complexity index is 73.1. The van der Waals surface area contributed by atoms with Gasteiger partial charge in [-0.3, -0.25) is 4.39 Å². The van der Waals surface area contributed by atoms with Crippen LogP contribution >= 0.6 is 0 Å². The normalized spacial score (nSPS) is 13.2. The standard InChI is InChI=1S/C11H23F/c1-3-5-8-11(7-4-2)9-6-10-12/h11H,3-10H2,1-2H3. The molecule has 12 heavy (non-hydrogen) atoms. The van der Waals surface area contributed by atoms with E-state index >= 15 is 0 Å². The second-order valence-corrected chi connectivity index (χ2v) is 3.63. The Morgan fingerprint density at radius 2 is 1.58 bits per heavy atom. The summed E-state index contributed by atoms with van der Waals surface area (Å²) in [5.41, 5.74) is 0. The van der Waals surface area contributed by atoms with Crippen LogP contribution in [0.5, 0.6) is 0 Å². The van der Waals surface area contributed by atoms with Gasteiger partial charge in [-0.1, -0.05) is 46.0 Å². The van der Waals surface area contributed by atoms with Crippen LogP contribution in [-0.2, 0) is 0 Å². The zero-order valence-corrected chi connectivity index (χ0v) is 8.61. The van der Waals surface area contributed by atoms with Crippen LogP contribution in [0.2, 0.25) is 0 Å². The van der Waals surface area contributed by atoms with E-state index in [0.29, 0.717) is 0 Å². The molecule has 74 valence electrons. The Balaban J connectivity index is 3.40. The van der Waals surface area contributed by atoms with Gasteiger partial charge >= 0.3 is 0 Å². The van der Waals surface area contributed by atoms with Gasteiger partial charge in [0.2, 0.25) is 0 Å². The van der Waals surface area contributed by atoms with Gasteiger partial charge in [-0.2, -0.15) is 0 Å². The van der Waals surface area contributed by atoms with Crippen molar-refractivity contribution in [2.45, 2.75) is 58.8 Å². The molecule has 0 spiro atoms. The number of alkyl halides is 1. The van der Waals surface area contributed by atoms with Crippen molar-refractivity contribution in [1.82, 2.24) is 0 Å². The molecule has 0 fully saturated rings. The molecule has 0 rings (SSSR count). The lowest BCUT2D eigenvalue weighted by Crippen LogP contribution is -2.00. The highest BCUT2D eigenvalue weighted by Crippen LogP contribution is 2.20. The van der Waals surface area contributed by atoms with Crippen molar-refractivity contribution in [3.05, 3.63) is 0 Å². The minimum Gasteiger partial charge on any atom is -0.251 e. The summed E-state index contributed by atoms with van der Waals surface area (Å²) in [4.78, 5) is 0. The van der Waals surface area contributed by atoms with Gasteiger partial charge in [0.15, 0.2) is 0 Å². The fourth-order valence-electron chi connectivity index (χ4n) is 1.70. The molecule has 1 atom stereocenters. The summed E-state index contributed by atoms with van der Waals surface area (Å²) in [6, 6.07) is 0. The van der Waals surface area contributed by atoms with E-state index in [2.05, 4.69) is 13.8 Å². The van der Waals surface area contributed by atoms with Crippen LogP contribution in [0, 0.1) is 5.92 Å². The lowest BCUT2D eigenvalue weighted by molar-refractivity contribution is 0.359. The summed E-state index contributed by atoms with van der Waals surface area (Å²) in [5.74, 6) is 0.797. The predicted octanol–water partition coefficient (Wildman–Crippen LogP) is 4.34. The van der Waals surface area contributed by atoms with Crippen LogP contribution in [0.3, 0.4) is 0 Å². The summed E-state index contributed by atoms with van der Waals surface area (Å²) in [6.07, 6.45) is 8.32. The molecule has 0 heterocycles. The average molecular weight is 174 g/mol. The Labute approximate surface area is 76.6 Å². The second kappa shape index (κ2) is 9.02. The Kier molecular flexibility index (Phi) is 8.97. The maximum absolute atomic E-state index is 11.9. The minimum absolute atomic E-state index is 0.133. The van der Waals surface area contributed by atoms with Gasteiger partial charge in [-0.05, 0) is 18.8 Å². The first-order valence-corrected chi connectivity index (χ1v) is 5.41. The van der Waals surface area contributed by atoms with E-state index in [-0.39, 0.29) is 6.67 Å². The van der Waals surface area contributed by atoms with Gasteiger partial charge in [0, 0.05) is 0 Å². The summed E-state index contributed by atoms with van der Waals surface area (Å²) < 4.78 is 11.9. The molecule has 0 saturated heterocycles. The number of halogens is 1. The fraction of sp³-hybridized carbons (Fsp3) is 1.00. The second-order valence-electron chi connectivity index (χ2n) is 3.63. The third-order valence-corrected chi connectivity index (χ3v) is 2.41. The van der Waals surface area contributed by atoms with Gasteiger partial charge in [0.05, 0.1) is 6.67 Å². The van der Waals surface area contributed by atoms with Crippen LogP contribution in [0.1, 0.15) is 58.8 Å². The monoisotopic (exact) mass is 174 g/mol. The van der Waals surface area contributed by atoms with Crippen LogP contribution < -0.4 is 0 Å². The zero-order chi connectivity index (χ0) is 9.23. The molecule has 0 aliphatic heterocycles. The Hall–Kier alpha value is -0.0700. The van der Waals surface area contributed by atoms with Crippen LogP contribution in [0.15, 0.2) is 0 Å². The maximum atomic E-state index is 11.9. The Morgan fingerprint density at radius 3 is 2.08 bits per heavy atom. The first kappa shape index (κ1) is 11.9. The molecule has 1 unspecified atom stereocenters. The highest BCUT2D eigenvalue weighted by atomic mass is 19.1. The van der Waals surface area contributed by atoms with Crippen LogP contribution in [-0.4, -0.2) is 6.67 Å². The van der Waals surface area contributed by atoms with E-state index in [9.17, 15) is 4.39 Å². The van der Waals surface area contributed by atoms with Gasteiger partial charge < -0.3 is 0 Å². The van der Waals surface area contributed by atoms with E-state index in [1.54, 1.807) is 0 Å². The summed E-state index contributed by atoms with van der Waals surface area (Å²) in [5, 5.41) is 0. The molecule has 0 aromatic heterocycles. The molecule has 1 heteroatoms. The quantitative estimate of drug-likeness (QED) is 0.513. The van der Waals surface area contributed by atoms with E-state index < -0.39 is 0 Å². The molecule has 0 bridgehead atoms. The summed E-state index contributed by atoms with van der Waals surface area (Å²) in [6.45, 7) is 4.30. The lowest BCUT2D eigenvalue weighted by Gasteiger charge is -2.14. The van der Waals surface area contributed by atoms with E-state index in [1.807, 2.05) is 0 Å². The molecule has 0 aromatic carbocycles. The first-order chi connectivity index (χ1) is 5.85. The smallest absolute Gasteiger partial charge is 0.0894 e. The highest BCUT2D eigenvalue weighted by Gasteiger charge is 2.06. The molecule has 0 amide bonds. The van der Waals surface area contributed by atoms with Crippen molar-refractivity contribution < 1.29 is 4.39 Å². The van der Waals surface area contributed by atoms with Crippen molar-refractivity contribution in [2.75, 3.05) is 6.67 Å². The Morgan fingerprint density at radius 1 is 0.917 bits per heavy atom. The number of hydrogen-bond acceptors (Lipinski definition) is 0. The third-order valence-electron chi connectivity index (χ3n) is 2.41. The molecule has 0 nitrogen and oxygen atoms in total. The molecule has 0 aliphatic carbocycles. The average Bonchev–Trinajstić information content (AvgIpc) is 2.10. The van der Waals surface area contributed by atoms with Gasteiger partial charge in [0.1, 0.15) is 0 Å². The van der Waals surface area contributed by atoms with Gasteiger partial charge in [0.25, 0.3) is 0 Å². The molecule has 0 N–H and O–H groups in total. The van der Waals surface area contributed by atoms with Crippen molar-refractivity contribution in [3.63, 3.8) is 0 Å². The first-order valence-electron chi connectivity index (χ1n) is 5.41. The number of hydrogen-bond donors (Lipinski definition) is 0. The van der Waals surface area contributed by atoms with E-state index in [0.717, 1.165) is 18.8 Å². The topological polar surface area (TPSA) is 0 Å². The predicted molar refractivity (Wildman–Crippen MR) is 53.1 cm³/mol. The molecular weight excluding hydrogens is 151 g/mol. The zero-order valence-electron chi connectivity index (χ0n) is 8.61. The molecule has 0 radical (unpaired) electrons. The molecule has 0 saturated carbocycles. The highest BCUT2D eigenvalue weighted by molar-refractivity contribution is 4.58. The maximum Gasteiger partial charge on any atom is 0.0894 e. The van der Waals surface area contributed by atoms with Crippen LogP contribution in [0.4, 0.5) is 4.39 Å². The minimum atomic E-state index is -0.133. The van der Waals surface area contributed by atoms with E-state index in [1.165, 1.54) is 32.1 Å². The van der Waals surface area contributed by atoms with Crippen molar-refractivity contribution in [2.24, 2.45) is 5.92 Å². The molecular formula is C11H23F. The lowest BCUT2D eigenvalue weighted by atomic mass is 9.93. The van der Waals surface area contributed by atoms with Crippen molar-refractivity contribution >= 4 is 0 Å². The molecule has 0 aromatic rings. The SMILES string of the molecule is CCCCC(CCC)CCCF. The summed E-state index contributed by atoms with van der Waals surface area (Å²) >= 11 is 0. The fourth-order valence-corrected chi connectivity index (χ4v) is 1.70. The number of rotatable bonds is 8. The third kappa shape index (κ3) is 6.63.